The summed E-state index contributed by atoms with van der Waals surface area (Å²) in [5.74, 6) is 1.29. The summed E-state index contributed by atoms with van der Waals surface area (Å²) in [5, 5.41) is 0.745. The maximum atomic E-state index is 6.19. The van der Waals surface area contributed by atoms with Gasteiger partial charge in [-0.3, -0.25) is 0 Å². The van der Waals surface area contributed by atoms with Crippen molar-refractivity contribution in [2.24, 2.45) is 0 Å². The van der Waals surface area contributed by atoms with Crippen LogP contribution in [0.25, 0.3) is 22.4 Å². The molecule has 0 aliphatic heterocycles. The van der Waals surface area contributed by atoms with E-state index in [2.05, 4.69) is 28.4 Å². The number of benzene rings is 1. The molecule has 0 N–H and O–H groups in total. The van der Waals surface area contributed by atoms with Crippen molar-refractivity contribution >= 4 is 22.6 Å². The normalized spacial score (nSPS) is 14.9. The molecule has 0 amide bonds. The molecule has 4 nitrogen and oxygen atoms in total. The summed E-state index contributed by atoms with van der Waals surface area (Å²) in [7, 11) is 0. The second-order valence-electron chi connectivity index (χ2n) is 6.15. The van der Waals surface area contributed by atoms with Gasteiger partial charge in [-0.15, -0.1) is 0 Å². The molecule has 0 atom stereocenters. The van der Waals surface area contributed by atoms with E-state index < -0.39 is 0 Å². The van der Waals surface area contributed by atoms with E-state index in [1.165, 1.54) is 12.8 Å². The first kappa shape index (κ1) is 13.7. The Kier molecular flexibility index (Phi) is 3.15. The minimum Gasteiger partial charge on any atom is -0.321 e. The fourth-order valence-electron chi connectivity index (χ4n) is 2.93. The zero-order valence-corrected chi connectivity index (χ0v) is 13.4. The summed E-state index contributed by atoms with van der Waals surface area (Å²) >= 11 is 6.19. The molecule has 1 fully saturated rings. The molecular formula is C17H17ClN4. The van der Waals surface area contributed by atoms with Crippen molar-refractivity contribution in [2.75, 3.05) is 0 Å². The average Bonchev–Trinajstić information content (AvgIpc) is 3.28. The Hall–Kier alpha value is -1.94. The summed E-state index contributed by atoms with van der Waals surface area (Å²) in [6.07, 6.45) is 5.87. The van der Waals surface area contributed by atoms with Crippen LogP contribution in [0.2, 0.25) is 5.02 Å². The van der Waals surface area contributed by atoms with Gasteiger partial charge in [-0.1, -0.05) is 25.4 Å². The van der Waals surface area contributed by atoms with Gasteiger partial charge in [0, 0.05) is 17.3 Å². The van der Waals surface area contributed by atoms with Gasteiger partial charge < -0.3 is 4.57 Å². The van der Waals surface area contributed by atoms with E-state index in [0.29, 0.717) is 12.0 Å². The Morgan fingerprint density at radius 3 is 2.82 bits per heavy atom. The standard InChI is InChI=1S/C17H17ClN4/c1-10(2)16-13(8-19-9-20-16)17-21-14-6-3-11(18)7-15(14)22(17)12-4-5-12/h3,6-10,12H,4-5H2,1-2H3. The van der Waals surface area contributed by atoms with Crippen molar-refractivity contribution < 1.29 is 0 Å². The summed E-state index contributed by atoms with van der Waals surface area (Å²) in [4.78, 5) is 13.5. The molecular weight excluding hydrogens is 296 g/mol. The molecule has 3 aromatic rings. The lowest BCUT2D eigenvalue weighted by Gasteiger charge is -2.12. The van der Waals surface area contributed by atoms with Crippen LogP contribution in [0.15, 0.2) is 30.7 Å². The lowest BCUT2D eigenvalue weighted by atomic mass is 10.0. The first-order chi connectivity index (χ1) is 10.6. The number of hydrogen-bond donors (Lipinski definition) is 0. The first-order valence-electron chi connectivity index (χ1n) is 7.63. The molecule has 22 heavy (non-hydrogen) atoms. The van der Waals surface area contributed by atoms with Gasteiger partial charge in [0.2, 0.25) is 0 Å². The zero-order chi connectivity index (χ0) is 15.3. The summed E-state index contributed by atoms with van der Waals surface area (Å²) < 4.78 is 2.31. The van der Waals surface area contributed by atoms with Crippen LogP contribution in [0.5, 0.6) is 0 Å². The van der Waals surface area contributed by atoms with Crippen molar-refractivity contribution in [3.05, 3.63) is 41.4 Å². The van der Waals surface area contributed by atoms with Crippen LogP contribution in [0.1, 0.15) is 44.3 Å². The zero-order valence-electron chi connectivity index (χ0n) is 12.6. The van der Waals surface area contributed by atoms with Crippen LogP contribution in [0.3, 0.4) is 0 Å². The van der Waals surface area contributed by atoms with Gasteiger partial charge in [-0.2, -0.15) is 0 Å². The fourth-order valence-corrected chi connectivity index (χ4v) is 3.10. The molecule has 0 spiro atoms. The van der Waals surface area contributed by atoms with E-state index in [-0.39, 0.29) is 0 Å². The largest absolute Gasteiger partial charge is 0.321 e. The summed E-state index contributed by atoms with van der Waals surface area (Å²) in [6, 6.07) is 6.39. The maximum Gasteiger partial charge on any atom is 0.144 e. The second kappa shape index (κ2) is 5.06. The molecule has 1 aromatic carbocycles. The molecule has 1 aliphatic rings. The molecule has 5 heteroatoms. The van der Waals surface area contributed by atoms with E-state index in [0.717, 1.165) is 33.1 Å². The topological polar surface area (TPSA) is 43.6 Å². The van der Waals surface area contributed by atoms with Gasteiger partial charge in [0.15, 0.2) is 0 Å². The van der Waals surface area contributed by atoms with E-state index >= 15 is 0 Å². The molecule has 0 bridgehead atoms. The number of imidazole rings is 1. The van der Waals surface area contributed by atoms with E-state index in [1.54, 1.807) is 6.33 Å². The van der Waals surface area contributed by atoms with E-state index in [9.17, 15) is 0 Å². The van der Waals surface area contributed by atoms with Crippen LogP contribution in [0.4, 0.5) is 0 Å². The predicted molar refractivity (Wildman–Crippen MR) is 88.1 cm³/mol. The highest BCUT2D eigenvalue weighted by molar-refractivity contribution is 6.31. The Morgan fingerprint density at radius 2 is 2.09 bits per heavy atom. The fraction of sp³-hybridized carbons (Fsp3) is 0.353. The molecule has 0 unspecified atom stereocenters. The molecule has 4 rings (SSSR count). The quantitative estimate of drug-likeness (QED) is 0.709. The third kappa shape index (κ3) is 2.18. The van der Waals surface area contributed by atoms with E-state index in [4.69, 9.17) is 16.6 Å². The third-order valence-corrected chi connectivity index (χ3v) is 4.33. The van der Waals surface area contributed by atoms with Gasteiger partial charge in [-0.05, 0) is 37.0 Å². The van der Waals surface area contributed by atoms with E-state index in [1.807, 2.05) is 24.4 Å². The van der Waals surface area contributed by atoms with Gasteiger partial charge in [0.1, 0.15) is 12.2 Å². The Balaban J connectivity index is 2.01. The molecule has 0 saturated heterocycles. The number of halogens is 1. The Bertz CT molecular complexity index is 849. The highest BCUT2D eigenvalue weighted by Crippen LogP contribution is 2.42. The van der Waals surface area contributed by atoms with Gasteiger partial charge in [0.05, 0.1) is 22.3 Å². The third-order valence-electron chi connectivity index (χ3n) is 4.09. The highest BCUT2D eigenvalue weighted by Gasteiger charge is 2.30. The van der Waals surface area contributed by atoms with Crippen molar-refractivity contribution in [2.45, 2.75) is 38.6 Å². The minimum absolute atomic E-state index is 0.328. The van der Waals surface area contributed by atoms with Crippen LogP contribution in [0, 0.1) is 0 Å². The van der Waals surface area contributed by atoms with Crippen LogP contribution in [-0.2, 0) is 0 Å². The predicted octanol–water partition coefficient (Wildman–Crippen LogP) is 4.61. The number of fused-ring (bicyclic) bond motifs is 1. The number of nitrogens with zero attached hydrogens (tertiary/aromatic N) is 4. The smallest absolute Gasteiger partial charge is 0.144 e. The molecule has 2 aromatic heterocycles. The molecule has 112 valence electrons. The van der Waals surface area contributed by atoms with Gasteiger partial charge in [-0.25, -0.2) is 15.0 Å². The lowest BCUT2D eigenvalue weighted by Crippen LogP contribution is -2.03. The van der Waals surface area contributed by atoms with Crippen molar-refractivity contribution in [1.29, 1.82) is 0 Å². The second-order valence-corrected chi connectivity index (χ2v) is 6.58. The van der Waals surface area contributed by atoms with Crippen molar-refractivity contribution in [3.8, 4) is 11.4 Å². The summed E-state index contributed by atoms with van der Waals surface area (Å²) in [5.41, 5.74) is 4.14. The lowest BCUT2D eigenvalue weighted by molar-refractivity contribution is 0.763. The van der Waals surface area contributed by atoms with Crippen molar-refractivity contribution in [3.63, 3.8) is 0 Å². The van der Waals surface area contributed by atoms with Crippen molar-refractivity contribution in [1.82, 2.24) is 19.5 Å². The number of rotatable bonds is 3. The van der Waals surface area contributed by atoms with Gasteiger partial charge >= 0.3 is 0 Å². The minimum atomic E-state index is 0.328. The first-order valence-corrected chi connectivity index (χ1v) is 8.00. The molecule has 0 radical (unpaired) electrons. The average molecular weight is 313 g/mol. The Labute approximate surface area is 134 Å². The molecule has 2 heterocycles. The maximum absolute atomic E-state index is 6.19. The molecule has 1 aliphatic carbocycles. The van der Waals surface area contributed by atoms with Crippen LogP contribution in [-0.4, -0.2) is 19.5 Å². The highest BCUT2D eigenvalue weighted by atomic mass is 35.5. The number of aromatic nitrogens is 4. The SMILES string of the molecule is CC(C)c1ncncc1-c1nc2ccc(Cl)cc2n1C1CC1. The Morgan fingerprint density at radius 1 is 1.27 bits per heavy atom. The van der Waals surface area contributed by atoms with Crippen LogP contribution >= 0.6 is 11.6 Å². The number of hydrogen-bond acceptors (Lipinski definition) is 3. The summed E-state index contributed by atoms with van der Waals surface area (Å²) in [6.45, 7) is 4.29. The van der Waals surface area contributed by atoms with Gasteiger partial charge in [0.25, 0.3) is 0 Å². The monoisotopic (exact) mass is 312 g/mol. The molecule has 1 saturated carbocycles. The van der Waals surface area contributed by atoms with Crippen LogP contribution < -0.4 is 0 Å².